The van der Waals surface area contributed by atoms with E-state index in [0.717, 1.165) is 19.5 Å². The van der Waals surface area contributed by atoms with Crippen molar-refractivity contribution in [1.29, 1.82) is 5.26 Å². The molecule has 0 aliphatic heterocycles. The van der Waals surface area contributed by atoms with E-state index in [1.54, 1.807) is 6.07 Å². The molecule has 0 radical (unpaired) electrons. The highest BCUT2D eigenvalue weighted by Gasteiger charge is 2.29. The van der Waals surface area contributed by atoms with Gasteiger partial charge in [0, 0.05) is 24.8 Å². The van der Waals surface area contributed by atoms with Crippen molar-refractivity contribution >= 4 is 11.6 Å². The Morgan fingerprint density at radius 2 is 1.68 bits per heavy atom. The van der Waals surface area contributed by atoms with Crippen molar-refractivity contribution in [2.24, 2.45) is 0 Å². The van der Waals surface area contributed by atoms with Crippen molar-refractivity contribution in [3.8, 4) is 6.07 Å². The molecule has 0 amide bonds. The Labute approximate surface area is 176 Å². The summed E-state index contributed by atoms with van der Waals surface area (Å²) in [6.07, 6.45) is 6.00. The van der Waals surface area contributed by atoms with E-state index in [9.17, 15) is 0 Å². The van der Waals surface area contributed by atoms with E-state index in [4.69, 9.17) is 16.9 Å². The van der Waals surface area contributed by atoms with Crippen LogP contribution < -0.4 is 0 Å². The van der Waals surface area contributed by atoms with E-state index in [1.807, 2.05) is 0 Å². The van der Waals surface area contributed by atoms with Crippen molar-refractivity contribution in [3.05, 3.63) is 71.3 Å². The van der Waals surface area contributed by atoms with Crippen LogP contribution in [-0.2, 0) is 13.0 Å². The Kier molecular flexibility index (Phi) is 10.1. The molecule has 28 heavy (non-hydrogen) atoms. The van der Waals surface area contributed by atoms with Gasteiger partial charge in [-0.1, -0.05) is 61.5 Å². The second kappa shape index (κ2) is 12.6. The molecule has 1 aliphatic rings. The molecule has 0 bridgehead atoms. The first-order valence-corrected chi connectivity index (χ1v) is 10.9. The molecule has 2 aromatic rings. The number of hydrogen-bond acceptors (Lipinski definition) is 2. The molecule has 2 atom stereocenters. The van der Waals surface area contributed by atoms with Crippen LogP contribution in [0.3, 0.4) is 0 Å². The molecule has 150 valence electrons. The van der Waals surface area contributed by atoms with Gasteiger partial charge >= 0.3 is 0 Å². The van der Waals surface area contributed by atoms with Crippen molar-refractivity contribution in [2.75, 3.05) is 13.1 Å². The van der Waals surface area contributed by atoms with Crippen molar-refractivity contribution in [1.82, 2.24) is 4.90 Å². The molecule has 0 spiro atoms. The Balaban J connectivity index is 0.000000878. The van der Waals surface area contributed by atoms with Crippen molar-refractivity contribution in [3.63, 3.8) is 0 Å². The molecule has 3 heteroatoms. The lowest BCUT2D eigenvalue weighted by molar-refractivity contribution is 0.262. The normalized spacial score (nSPS) is 18.0. The number of hydrogen-bond donors (Lipinski definition) is 0. The van der Waals surface area contributed by atoms with Crippen LogP contribution in [0.25, 0.3) is 0 Å². The Bertz CT molecular complexity index is 706. The van der Waals surface area contributed by atoms with Crippen LogP contribution in [0.15, 0.2) is 54.6 Å². The number of nitrogens with zero attached hydrogens (tertiary/aromatic N) is 2. The van der Waals surface area contributed by atoms with Crippen LogP contribution in [0.5, 0.6) is 0 Å². The van der Waals surface area contributed by atoms with Gasteiger partial charge in [0.15, 0.2) is 0 Å². The Hall–Kier alpha value is -1.82. The third-order valence-electron chi connectivity index (χ3n) is 5.33. The molecular formula is C25H33ClN2. The zero-order chi connectivity index (χ0) is 20.2. The lowest BCUT2D eigenvalue weighted by Crippen LogP contribution is -2.25. The van der Waals surface area contributed by atoms with Gasteiger partial charge in [0.25, 0.3) is 0 Å². The third kappa shape index (κ3) is 7.30. The van der Waals surface area contributed by atoms with E-state index in [-0.39, 0.29) is 0 Å². The summed E-state index contributed by atoms with van der Waals surface area (Å²) in [6, 6.07) is 21.8. The van der Waals surface area contributed by atoms with Gasteiger partial charge in [0.2, 0.25) is 0 Å². The number of aryl methyl sites for hydroxylation is 1. The molecule has 1 fully saturated rings. The van der Waals surface area contributed by atoms with Crippen molar-refractivity contribution < 1.29 is 0 Å². The molecule has 2 unspecified atom stereocenters. The summed E-state index contributed by atoms with van der Waals surface area (Å²) in [5.74, 6) is 0.585. The average Bonchev–Trinajstić information content (AvgIpc) is 2.70. The third-order valence-corrected chi connectivity index (χ3v) is 5.85. The molecule has 3 rings (SSSR count). The van der Waals surface area contributed by atoms with E-state index < -0.39 is 0 Å². The quantitative estimate of drug-likeness (QED) is 0.449. The average molecular weight is 397 g/mol. The maximum absolute atomic E-state index is 7.32. The Morgan fingerprint density at radius 3 is 2.21 bits per heavy atom. The van der Waals surface area contributed by atoms with Gasteiger partial charge in [0.05, 0.1) is 6.07 Å². The first kappa shape index (κ1) is 22.5. The molecule has 2 aromatic carbocycles. The highest BCUT2D eigenvalue weighted by Crippen LogP contribution is 2.40. The van der Waals surface area contributed by atoms with E-state index in [1.165, 1.54) is 55.8 Å². The number of alkyl halides is 1. The minimum atomic E-state index is 0.353. The first-order chi connectivity index (χ1) is 13.7. The number of halogens is 1. The molecule has 0 N–H and O–H groups in total. The number of nitriles is 1. The molecule has 1 aliphatic carbocycles. The lowest BCUT2D eigenvalue weighted by Gasteiger charge is -2.32. The van der Waals surface area contributed by atoms with Crippen LogP contribution in [0.2, 0.25) is 0 Å². The van der Waals surface area contributed by atoms with Crippen LogP contribution in [0.4, 0.5) is 0 Å². The molecule has 0 heterocycles. The summed E-state index contributed by atoms with van der Waals surface area (Å²) >= 11 is 6.30. The summed E-state index contributed by atoms with van der Waals surface area (Å²) < 4.78 is 0. The number of rotatable bonds is 9. The van der Waals surface area contributed by atoms with Gasteiger partial charge < -0.3 is 0 Å². The largest absolute Gasteiger partial charge is 0.299 e. The lowest BCUT2D eigenvalue weighted by atomic mass is 9.79. The van der Waals surface area contributed by atoms with Crippen LogP contribution in [0.1, 0.15) is 62.1 Å². The fraction of sp³-hybridized carbons (Fsp3) is 0.480. The molecule has 0 saturated heterocycles. The van der Waals surface area contributed by atoms with Gasteiger partial charge in [-0.2, -0.15) is 5.26 Å². The topological polar surface area (TPSA) is 27.0 Å². The predicted octanol–water partition coefficient (Wildman–Crippen LogP) is 6.55. The van der Waals surface area contributed by atoms with Crippen LogP contribution in [-0.4, -0.2) is 23.4 Å². The Morgan fingerprint density at radius 1 is 1.00 bits per heavy atom. The second-order valence-corrected chi connectivity index (χ2v) is 8.09. The van der Waals surface area contributed by atoms with Crippen LogP contribution in [0, 0.1) is 11.3 Å². The first-order valence-electron chi connectivity index (χ1n) is 10.5. The molecular weight excluding hydrogens is 364 g/mol. The van der Waals surface area contributed by atoms with E-state index in [2.05, 4.69) is 66.4 Å². The van der Waals surface area contributed by atoms with E-state index >= 15 is 0 Å². The van der Waals surface area contributed by atoms with Crippen molar-refractivity contribution in [2.45, 2.75) is 63.8 Å². The molecule has 2 nitrogen and oxygen atoms in total. The minimum Gasteiger partial charge on any atom is -0.299 e. The summed E-state index contributed by atoms with van der Waals surface area (Å²) in [5, 5.41) is 7.67. The summed E-state index contributed by atoms with van der Waals surface area (Å²) in [4.78, 5) is 2.58. The fourth-order valence-corrected chi connectivity index (χ4v) is 4.10. The summed E-state index contributed by atoms with van der Waals surface area (Å²) in [6.45, 7) is 7.09. The molecule has 0 aromatic heterocycles. The standard InChI is InChI=1S/C23H30ClN.C2H3N/c1-2-16-25(18-20-7-4-3-5-8-20)17-6-9-19-10-12-21(13-11-19)22-14-15-23(22)24;1-2-3/h3-5,7-8,10-13,22-23H,2,6,9,14-18H2,1H3;1H3. The molecule has 1 saturated carbocycles. The fourth-order valence-electron chi connectivity index (χ4n) is 3.70. The smallest absolute Gasteiger partial charge is 0.0587 e. The zero-order valence-electron chi connectivity index (χ0n) is 17.3. The second-order valence-electron chi connectivity index (χ2n) is 7.53. The summed E-state index contributed by atoms with van der Waals surface area (Å²) in [7, 11) is 0. The van der Waals surface area contributed by atoms with Gasteiger partial charge in [-0.15, -0.1) is 11.6 Å². The SMILES string of the molecule is CC#N.CCCN(CCCc1ccc(C2CCC2Cl)cc1)Cc1ccccc1. The maximum Gasteiger partial charge on any atom is 0.0587 e. The monoisotopic (exact) mass is 396 g/mol. The van der Waals surface area contributed by atoms with Gasteiger partial charge in [-0.25, -0.2) is 0 Å². The van der Waals surface area contributed by atoms with Crippen LogP contribution >= 0.6 is 11.6 Å². The predicted molar refractivity (Wildman–Crippen MR) is 120 cm³/mol. The highest BCUT2D eigenvalue weighted by molar-refractivity contribution is 6.21. The van der Waals surface area contributed by atoms with Gasteiger partial charge in [-0.3, -0.25) is 4.90 Å². The van der Waals surface area contributed by atoms with Gasteiger partial charge in [0.1, 0.15) is 0 Å². The minimum absolute atomic E-state index is 0.353. The van der Waals surface area contributed by atoms with Gasteiger partial charge in [-0.05, 0) is 61.9 Å². The van der Waals surface area contributed by atoms with E-state index in [0.29, 0.717) is 11.3 Å². The zero-order valence-corrected chi connectivity index (χ0v) is 18.0. The summed E-state index contributed by atoms with van der Waals surface area (Å²) in [5.41, 5.74) is 4.29. The number of benzene rings is 2. The maximum atomic E-state index is 7.32. The highest BCUT2D eigenvalue weighted by atomic mass is 35.5.